The zero-order valence-electron chi connectivity index (χ0n) is 8.44. The number of rotatable bonds is 2. The lowest BCUT2D eigenvalue weighted by molar-refractivity contribution is 0.103. The molecule has 1 aromatic carbocycles. The van der Waals surface area contributed by atoms with E-state index in [-0.39, 0.29) is 4.88 Å². The first-order valence-corrected chi connectivity index (χ1v) is 7.00. The van der Waals surface area contributed by atoms with Gasteiger partial charge in [0.1, 0.15) is 17.5 Å². The van der Waals surface area contributed by atoms with E-state index in [0.29, 0.717) is 21.1 Å². The normalized spacial score (nSPS) is 10.7. The fraction of sp³-hybridized carbons (Fsp3) is 0. The Labute approximate surface area is 121 Å². The van der Waals surface area contributed by atoms with Crippen molar-refractivity contribution in [1.82, 2.24) is 0 Å². The Morgan fingerprint density at radius 1 is 1.11 bits per heavy atom. The van der Waals surface area contributed by atoms with Crippen LogP contribution in [-0.2, 0) is 0 Å². The number of thiophene rings is 1. The molecule has 0 aliphatic carbocycles. The van der Waals surface area contributed by atoms with Crippen LogP contribution in [0.25, 0.3) is 0 Å². The lowest BCUT2D eigenvalue weighted by Crippen LogP contribution is -2.07. The quantitative estimate of drug-likeness (QED) is 0.655. The van der Waals surface area contributed by atoms with E-state index in [1.165, 1.54) is 0 Å². The van der Waals surface area contributed by atoms with E-state index >= 15 is 0 Å². The second-order valence-corrected chi connectivity index (χ2v) is 5.83. The zero-order valence-corrected chi connectivity index (χ0v) is 12.4. The highest BCUT2D eigenvalue weighted by Crippen LogP contribution is 2.34. The van der Waals surface area contributed by atoms with Crippen LogP contribution < -0.4 is 0 Å². The van der Waals surface area contributed by atoms with Crippen molar-refractivity contribution in [3.63, 3.8) is 0 Å². The topological polar surface area (TPSA) is 17.1 Å². The van der Waals surface area contributed by atoms with Gasteiger partial charge in [0.15, 0.2) is 0 Å². The van der Waals surface area contributed by atoms with Crippen LogP contribution in [0.1, 0.15) is 15.2 Å². The van der Waals surface area contributed by atoms with Gasteiger partial charge in [-0.3, -0.25) is 4.79 Å². The minimum absolute atomic E-state index is 0.145. The summed E-state index contributed by atoms with van der Waals surface area (Å²) < 4.78 is 40.7. The molecule has 0 N–H and O–H groups in total. The van der Waals surface area contributed by atoms with Crippen molar-refractivity contribution in [2.75, 3.05) is 0 Å². The van der Waals surface area contributed by atoms with Gasteiger partial charge in [-0.2, -0.15) is 0 Å². The van der Waals surface area contributed by atoms with Crippen molar-refractivity contribution in [1.29, 1.82) is 0 Å². The molecule has 0 bridgehead atoms. The molecule has 0 aliphatic heterocycles. The van der Waals surface area contributed by atoms with E-state index in [1.54, 1.807) is 5.38 Å². The molecule has 0 atom stereocenters. The lowest BCUT2D eigenvalue weighted by atomic mass is 10.1. The molecule has 2 rings (SSSR count). The van der Waals surface area contributed by atoms with Crippen LogP contribution >= 0.6 is 43.2 Å². The molecule has 7 heteroatoms. The van der Waals surface area contributed by atoms with Gasteiger partial charge in [0.2, 0.25) is 5.78 Å². The van der Waals surface area contributed by atoms with Crippen LogP contribution in [0.15, 0.2) is 26.5 Å². The average molecular weight is 400 g/mol. The SMILES string of the molecule is O=C(c1scc(Br)c1Br)c1c(F)cc(F)cc1F. The molecule has 0 unspecified atom stereocenters. The molecule has 0 saturated heterocycles. The van der Waals surface area contributed by atoms with Crippen molar-refractivity contribution in [3.05, 3.63) is 54.4 Å². The molecule has 0 fully saturated rings. The first-order chi connectivity index (χ1) is 8.41. The minimum atomic E-state index is -1.21. The summed E-state index contributed by atoms with van der Waals surface area (Å²) in [4.78, 5) is 12.1. The third-order valence-electron chi connectivity index (χ3n) is 2.13. The monoisotopic (exact) mass is 398 g/mol. The molecule has 1 nitrogen and oxygen atoms in total. The van der Waals surface area contributed by atoms with E-state index < -0.39 is 28.8 Å². The molecule has 94 valence electrons. The van der Waals surface area contributed by atoms with Crippen molar-refractivity contribution in [2.45, 2.75) is 0 Å². The van der Waals surface area contributed by atoms with Gasteiger partial charge < -0.3 is 0 Å². The maximum Gasteiger partial charge on any atom is 0.210 e. The second kappa shape index (κ2) is 5.14. The highest BCUT2D eigenvalue weighted by Gasteiger charge is 2.24. The number of carbonyl (C=O) groups is 1. The summed E-state index contributed by atoms with van der Waals surface area (Å²) in [6, 6.07) is 0.958. The Morgan fingerprint density at radius 3 is 2.11 bits per heavy atom. The van der Waals surface area contributed by atoms with E-state index in [1.807, 2.05) is 0 Å². The molecule has 0 radical (unpaired) electrons. The minimum Gasteiger partial charge on any atom is -0.287 e. The van der Waals surface area contributed by atoms with Crippen molar-refractivity contribution >= 4 is 49.0 Å². The van der Waals surface area contributed by atoms with E-state index in [9.17, 15) is 18.0 Å². The van der Waals surface area contributed by atoms with Gasteiger partial charge in [0.25, 0.3) is 0 Å². The third-order valence-corrected chi connectivity index (χ3v) is 5.65. The van der Waals surface area contributed by atoms with Crippen molar-refractivity contribution in [2.24, 2.45) is 0 Å². The van der Waals surface area contributed by atoms with Gasteiger partial charge in [-0.1, -0.05) is 0 Å². The average Bonchev–Trinajstić information content (AvgIpc) is 2.58. The van der Waals surface area contributed by atoms with Gasteiger partial charge in [-0.15, -0.1) is 11.3 Å². The lowest BCUT2D eigenvalue weighted by Gasteiger charge is -2.03. The molecular weight excluding hydrogens is 397 g/mol. The van der Waals surface area contributed by atoms with Crippen LogP contribution in [0, 0.1) is 17.5 Å². The van der Waals surface area contributed by atoms with Crippen molar-refractivity contribution in [3.8, 4) is 0 Å². The maximum absolute atomic E-state index is 13.5. The van der Waals surface area contributed by atoms with E-state index in [2.05, 4.69) is 31.9 Å². The molecule has 2 aromatic rings. The Kier molecular flexibility index (Phi) is 3.93. The maximum atomic E-state index is 13.5. The number of hydrogen-bond acceptors (Lipinski definition) is 2. The molecular formula is C11H3Br2F3OS. The smallest absolute Gasteiger partial charge is 0.210 e. The first kappa shape index (κ1) is 13.8. The summed E-state index contributed by atoms with van der Waals surface area (Å²) in [6.45, 7) is 0. The van der Waals surface area contributed by atoms with Gasteiger partial charge >= 0.3 is 0 Å². The number of halogens is 5. The number of ketones is 1. The third kappa shape index (κ3) is 2.39. The summed E-state index contributed by atoms with van der Waals surface area (Å²) in [7, 11) is 0. The fourth-order valence-electron chi connectivity index (χ4n) is 1.35. The Hall–Kier alpha value is -0.660. The van der Waals surface area contributed by atoms with Crippen LogP contribution in [-0.4, -0.2) is 5.78 Å². The molecule has 0 spiro atoms. The van der Waals surface area contributed by atoms with Crippen LogP contribution in [0.3, 0.4) is 0 Å². The van der Waals surface area contributed by atoms with E-state index in [4.69, 9.17) is 0 Å². The van der Waals surface area contributed by atoms with Crippen LogP contribution in [0.2, 0.25) is 0 Å². The summed E-state index contributed by atoms with van der Waals surface area (Å²) in [5, 5.41) is 1.61. The summed E-state index contributed by atoms with van der Waals surface area (Å²) in [5.74, 6) is -4.32. The molecule has 1 aromatic heterocycles. The molecule has 1 heterocycles. The Bertz CT molecular complexity index is 616. The number of hydrogen-bond donors (Lipinski definition) is 0. The molecule has 0 aliphatic rings. The van der Waals surface area contributed by atoms with Gasteiger partial charge in [0.05, 0.1) is 14.9 Å². The Morgan fingerprint density at radius 2 is 1.67 bits per heavy atom. The van der Waals surface area contributed by atoms with E-state index in [0.717, 1.165) is 11.3 Å². The van der Waals surface area contributed by atoms with Crippen molar-refractivity contribution < 1.29 is 18.0 Å². The first-order valence-electron chi connectivity index (χ1n) is 4.53. The standard InChI is InChI=1S/C11H3Br2F3OS/c12-5-3-18-11(9(5)13)10(17)8-6(15)1-4(14)2-7(8)16/h1-3H. The molecule has 0 saturated carbocycles. The molecule has 18 heavy (non-hydrogen) atoms. The summed E-state index contributed by atoms with van der Waals surface area (Å²) >= 11 is 7.34. The van der Waals surface area contributed by atoms with Gasteiger partial charge in [0, 0.05) is 22.0 Å². The Balaban J connectivity index is 2.57. The number of benzene rings is 1. The largest absolute Gasteiger partial charge is 0.287 e. The van der Waals surface area contributed by atoms with Gasteiger partial charge in [-0.25, -0.2) is 13.2 Å². The predicted octanol–water partition coefficient (Wildman–Crippen LogP) is 4.92. The molecule has 0 amide bonds. The van der Waals surface area contributed by atoms with Crippen LogP contribution in [0.5, 0.6) is 0 Å². The van der Waals surface area contributed by atoms with Crippen LogP contribution in [0.4, 0.5) is 13.2 Å². The summed E-state index contributed by atoms with van der Waals surface area (Å²) in [6.07, 6.45) is 0. The van der Waals surface area contributed by atoms with Gasteiger partial charge in [-0.05, 0) is 31.9 Å². The highest BCUT2D eigenvalue weighted by atomic mass is 79.9. The summed E-state index contributed by atoms with van der Waals surface area (Å²) in [5.41, 5.74) is -0.758. The fourth-order valence-corrected chi connectivity index (χ4v) is 3.45. The predicted molar refractivity (Wildman–Crippen MR) is 69.5 cm³/mol. The highest BCUT2D eigenvalue weighted by molar-refractivity contribution is 9.13. The second-order valence-electron chi connectivity index (χ2n) is 3.30. The number of carbonyl (C=O) groups excluding carboxylic acids is 1. The zero-order chi connectivity index (χ0) is 13.4.